The lowest BCUT2D eigenvalue weighted by Crippen LogP contribution is -2.19. The summed E-state index contributed by atoms with van der Waals surface area (Å²) in [6, 6.07) is 16.4. The Balaban J connectivity index is 1.61. The van der Waals surface area contributed by atoms with Gasteiger partial charge in [0.1, 0.15) is 18.1 Å². The Bertz CT molecular complexity index is 1100. The van der Waals surface area contributed by atoms with Crippen LogP contribution in [0, 0.1) is 0 Å². The minimum atomic E-state index is -0.400. The van der Waals surface area contributed by atoms with Crippen molar-refractivity contribution in [3.63, 3.8) is 0 Å². The Morgan fingerprint density at radius 1 is 1.00 bits per heavy atom. The number of carbonyl (C=O) groups excluding carboxylic acids is 1. The minimum absolute atomic E-state index is 0.0252. The summed E-state index contributed by atoms with van der Waals surface area (Å²) >= 11 is 18.0. The van der Waals surface area contributed by atoms with Crippen molar-refractivity contribution < 1.29 is 14.6 Å². The van der Waals surface area contributed by atoms with E-state index >= 15 is 0 Å². The van der Waals surface area contributed by atoms with Crippen LogP contribution in [-0.2, 0) is 6.61 Å². The third kappa shape index (κ3) is 5.66. The van der Waals surface area contributed by atoms with E-state index in [1.807, 2.05) is 0 Å². The van der Waals surface area contributed by atoms with E-state index in [0.29, 0.717) is 37.7 Å². The molecule has 30 heavy (non-hydrogen) atoms. The summed E-state index contributed by atoms with van der Waals surface area (Å²) < 4.78 is 5.70. The molecule has 0 bridgehead atoms. The first kappa shape index (κ1) is 22.0. The Morgan fingerprint density at radius 3 is 2.37 bits per heavy atom. The van der Waals surface area contributed by atoms with Crippen molar-refractivity contribution in [3.05, 3.63) is 92.4 Å². The Hall–Kier alpha value is -2.73. The molecule has 0 heterocycles. The highest BCUT2D eigenvalue weighted by molar-refractivity contribution is 6.35. The molecule has 0 atom stereocenters. The van der Waals surface area contributed by atoms with Crippen LogP contribution in [0.25, 0.3) is 0 Å². The first-order valence-electron chi connectivity index (χ1n) is 8.84. The molecular formula is C22H17Cl3N2O3. The van der Waals surface area contributed by atoms with Gasteiger partial charge in [0.2, 0.25) is 0 Å². The monoisotopic (exact) mass is 462 g/mol. The van der Waals surface area contributed by atoms with E-state index in [1.54, 1.807) is 61.5 Å². The number of phenols is 1. The molecule has 0 saturated heterocycles. The van der Waals surface area contributed by atoms with Gasteiger partial charge >= 0.3 is 0 Å². The van der Waals surface area contributed by atoms with E-state index in [-0.39, 0.29) is 12.4 Å². The molecule has 1 amide bonds. The van der Waals surface area contributed by atoms with E-state index in [2.05, 4.69) is 10.5 Å². The van der Waals surface area contributed by atoms with Crippen LogP contribution in [0.1, 0.15) is 28.4 Å². The van der Waals surface area contributed by atoms with Gasteiger partial charge in [-0.3, -0.25) is 4.79 Å². The van der Waals surface area contributed by atoms with E-state index in [0.717, 1.165) is 5.56 Å². The molecule has 0 saturated carbocycles. The second kappa shape index (κ2) is 9.85. The molecule has 5 nitrogen and oxygen atoms in total. The van der Waals surface area contributed by atoms with Crippen LogP contribution >= 0.6 is 34.8 Å². The zero-order valence-corrected chi connectivity index (χ0v) is 18.1. The number of carbonyl (C=O) groups is 1. The van der Waals surface area contributed by atoms with Crippen molar-refractivity contribution in [1.29, 1.82) is 0 Å². The number of hydrogen-bond donors (Lipinski definition) is 2. The highest BCUT2D eigenvalue weighted by Gasteiger charge is 2.09. The smallest absolute Gasteiger partial charge is 0.271 e. The van der Waals surface area contributed by atoms with Gasteiger partial charge < -0.3 is 9.84 Å². The predicted octanol–water partition coefficient (Wildman–Crippen LogP) is 6.09. The third-order valence-corrected chi connectivity index (χ3v) is 5.02. The maximum atomic E-state index is 12.3. The average molecular weight is 464 g/mol. The van der Waals surface area contributed by atoms with Gasteiger partial charge in [0.25, 0.3) is 5.91 Å². The number of nitrogens with zero attached hydrogens (tertiary/aromatic N) is 1. The lowest BCUT2D eigenvalue weighted by molar-refractivity contribution is 0.0954. The molecule has 0 aliphatic carbocycles. The van der Waals surface area contributed by atoms with Gasteiger partial charge in [-0.15, -0.1) is 0 Å². The van der Waals surface area contributed by atoms with Gasteiger partial charge in [-0.25, -0.2) is 5.43 Å². The molecule has 0 aliphatic rings. The third-order valence-electron chi connectivity index (χ3n) is 4.20. The standard InChI is InChI=1S/C22H17Cl3N2O3/c1-13(19-10-16(23)6-9-21(19)28)26-27-22(29)14-3-7-18(8-4-14)30-12-15-2-5-17(24)11-20(15)25/h2-11,28H,12H2,1H3,(H,27,29)/b26-13-. The fourth-order valence-corrected chi connectivity index (χ4v) is 3.19. The topological polar surface area (TPSA) is 70.9 Å². The molecule has 0 unspecified atom stereocenters. The van der Waals surface area contributed by atoms with Gasteiger partial charge in [-0.2, -0.15) is 5.10 Å². The lowest BCUT2D eigenvalue weighted by atomic mass is 10.1. The Morgan fingerprint density at radius 2 is 1.67 bits per heavy atom. The number of aromatic hydroxyl groups is 1. The fraction of sp³-hybridized carbons (Fsp3) is 0.0909. The number of phenolic OH excluding ortho intramolecular Hbond substituents is 1. The van der Waals surface area contributed by atoms with Crippen LogP contribution in [0.4, 0.5) is 0 Å². The van der Waals surface area contributed by atoms with E-state index < -0.39 is 5.91 Å². The summed E-state index contributed by atoms with van der Waals surface area (Å²) in [4.78, 5) is 12.3. The number of benzene rings is 3. The molecule has 0 spiro atoms. The average Bonchev–Trinajstić information content (AvgIpc) is 2.73. The maximum Gasteiger partial charge on any atom is 0.271 e. The number of ether oxygens (including phenoxy) is 1. The maximum absolute atomic E-state index is 12.3. The summed E-state index contributed by atoms with van der Waals surface area (Å²) in [5, 5.41) is 15.5. The number of nitrogens with one attached hydrogen (secondary N) is 1. The Kier molecular flexibility index (Phi) is 7.21. The minimum Gasteiger partial charge on any atom is -0.507 e. The molecule has 3 aromatic rings. The summed E-state index contributed by atoms with van der Waals surface area (Å²) in [7, 11) is 0. The van der Waals surface area contributed by atoms with Crippen molar-refractivity contribution in [2.75, 3.05) is 0 Å². The number of amides is 1. The van der Waals surface area contributed by atoms with Crippen LogP contribution in [0.2, 0.25) is 15.1 Å². The first-order chi connectivity index (χ1) is 14.3. The van der Waals surface area contributed by atoms with Crippen molar-refractivity contribution in [2.45, 2.75) is 13.5 Å². The molecular weight excluding hydrogens is 447 g/mol. The van der Waals surface area contributed by atoms with Crippen molar-refractivity contribution >= 4 is 46.4 Å². The largest absolute Gasteiger partial charge is 0.507 e. The number of halogens is 3. The van der Waals surface area contributed by atoms with Crippen LogP contribution in [-0.4, -0.2) is 16.7 Å². The molecule has 0 aromatic heterocycles. The molecule has 2 N–H and O–H groups in total. The van der Waals surface area contributed by atoms with Gasteiger partial charge in [0.15, 0.2) is 0 Å². The molecule has 8 heteroatoms. The molecule has 0 radical (unpaired) electrons. The Labute approximate surface area is 188 Å². The molecule has 3 aromatic carbocycles. The first-order valence-corrected chi connectivity index (χ1v) is 9.97. The highest BCUT2D eigenvalue weighted by Crippen LogP contribution is 2.23. The van der Waals surface area contributed by atoms with E-state index in [9.17, 15) is 9.90 Å². The summed E-state index contributed by atoms with van der Waals surface area (Å²) in [5.74, 6) is 0.210. The fourth-order valence-electron chi connectivity index (χ4n) is 2.56. The number of hydrazone groups is 1. The quantitative estimate of drug-likeness (QED) is 0.343. The van der Waals surface area contributed by atoms with Crippen LogP contribution in [0.5, 0.6) is 11.5 Å². The summed E-state index contributed by atoms with van der Waals surface area (Å²) in [6.07, 6.45) is 0. The van der Waals surface area contributed by atoms with Gasteiger partial charge in [-0.1, -0.05) is 40.9 Å². The molecule has 3 rings (SSSR count). The highest BCUT2D eigenvalue weighted by atomic mass is 35.5. The molecule has 0 aliphatic heterocycles. The molecule has 154 valence electrons. The van der Waals surface area contributed by atoms with Crippen LogP contribution in [0.15, 0.2) is 65.8 Å². The zero-order chi connectivity index (χ0) is 21.7. The van der Waals surface area contributed by atoms with E-state index in [4.69, 9.17) is 39.5 Å². The van der Waals surface area contributed by atoms with Crippen molar-refractivity contribution in [1.82, 2.24) is 5.43 Å². The molecule has 0 fully saturated rings. The van der Waals surface area contributed by atoms with Gasteiger partial charge in [0, 0.05) is 31.8 Å². The van der Waals surface area contributed by atoms with Crippen molar-refractivity contribution in [3.8, 4) is 11.5 Å². The van der Waals surface area contributed by atoms with Crippen LogP contribution in [0.3, 0.4) is 0 Å². The van der Waals surface area contributed by atoms with Crippen LogP contribution < -0.4 is 10.2 Å². The number of hydrogen-bond acceptors (Lipinski definition) is 4. The predicted molar refractivity (Wildman–Crippen MR) is 120 cm³/mol. The van der Waals surface area contributed by atoms with Crippen molar-refractivity contribution in [2.24, 2.45) is 5.10 Å². The second-order valence-electron chi connectivity index (χ2n) is 6.35. The summed E-state index contributed by atoms with van der Waals surface area (Å²) in [6.45, 7) is 1.93. The number of rotatable bonds is 6. The van der Waals surface area contributed by atoms with E-state index in [1.165, 1.54) is 6.07 Å². The second-order valence-corrected chi connectivity index (χ2v) is 7.63. The van der Waals surface area contributed by atoms with Gasteiger partial charge in [0.05, 0.1) is 5.71 Å². The SMILES string of the molecule is C/C(=N/NC(=O)c1ccc(OCc2ccc(Cl)cc2Cl)cc1)c1cc(Cl)ccc1O. The summed E-state index contributed by atoms with van der Waals surface area (Å²) in [5.41, 5.74) is 4.52. The zero-order valence-electron chi connectivity index (χ0n) is 15.8. The van der Waals surface area contributed by atoms with Gasteiger partial charge in [-0.05, 0) is 61.5 Å². The normalized spacial score (nSPS) is 11.3. The lowest BCUT2D eigenvalue weighted by Gasteiger charge is -2.09.